The van der Waals surface area contributed by atoms with E-state index in [0.717, 1.165) is 29.7 Å². The van der Waals surface area contributed by atoms with Crippen molar-refractivity contribution in [2.45, 2.75) is 58.0 Å². The Morgan fingerprint density at radius 3 is 2.89 bits per heavy atom. The van der Waals surface area contributed by atoms with E-state index >= 15 is 0 Å². The molecule has 4 rings (SSSR count). The van der Waals surface area contributed by atoms with Crippen molar-refractivity contribution >= 4 is 11.3 Å². The maximum absolute atomic E-state index is 4.54. The van der Waals surface area contributed by atoms with Gasteiger partial charge in [-0.1, -0.05) is 6.42 Å². The molecule has 3 aliphatic carbocycles. The van der Waals surface area contributed by atoms with Gasteiger partial charge >= 0.3 is 0 Å². The zero-order valence-electron chi connectivity index (χ0n) is 11.9. The first kappa shape index (κ1) is 12.3. The lowest BCUT2D eigenvalue weighted by Crippen LogP contribution is -2.40. The number of thiazole rings is 1. The molecular weight excluding hydrogens is 252 g/mol. The number of aromatic nitrogens is 1. The highest BCUT2D eigenvalue weighted by atomic mass is 32.1. The van der Waals surface area contributed by atoms with E-state index < -0.39 is 0 Å². The monoisotopic (exact) mass is 276 g/mol. The SMILES string of the molecule is Cc1cnc(C(C)NC2CC3CC2C2CCCC32)s1. The molecule has 1 aromatic heterocycles. The van der Waals surface area contributed by atoms with Crippen molar-refractivity contribution in [1.29, 1.82) is 0 Å². The molecule has 3 aliphatic rings. The fraction of sp³-hybridized carbons (Fsp3) is 0.812. The summed E-state index contributed by atoms with van der Waals surface area (Å²) in [6.45, 7) is 4.44. The molecular formula is C16H24N2S. The molecule has 0 radical (unpaired) electrons. The third-order valence-corrected chi connectivity index (χ3v) is 7.00. The summed E-state index contributed by atoms with van der Waals surface area (Å²) < 4.78 is 0. The van der Waals surface area contributed by atoms with Crippen LogP contribution in [-0.2, 0) is 0 Å². The Bertz CT molecular complexity index is 469. The number of hydrogen-bond donors (Lipinski definition) is 1. The number of aryl methyl sites for hydroxylation is 1. The minimum atomic E-state index is 0.433. The van der Waals surface area contributed by atoms with Crippen molar-refractivity contribution in [2.75, 3.05) is 0 Å². The van der Waals surface area contributed by atoms with Crippen LogP contribution in [0.1, 0.15) is 55.0 Å². The molecule has 1 N–H and O–H groups in total. The Labute approximate surface area is 120 Å². The predicted molar refractivity (Wildman–Crippen MR) is 79.2 cm³/mol. The zero-order valence-corrected chi connectivity index (χ0v) is 12.7. The lowest BCUT2D eigenvalue weighted by atomic mass is 9.79. The standard InChI is InChI=1S/C16H24N2S/c1-9-8-17-16(19-9)10(2)18-15-7-11-6-14(15)13-5-3-4-12(11)13/h8,10-15,18H,3-7H2,1-2H3. The van der Waals surface area contributed by atoms with E-state index in [1.165, 1.54) is 42.0 Å². The van der Waals surface area contributed by atoms with Crippen LogP contribution in [0.15, 0.2) is 6.20 Å². The van der Waals surface area contributed by atoms with Gasteiger partial charge in [0.1, 0.15) is 5.01 Å². The molecule has 0 amide bonds. The summed E-state index contributed by atoms with van der Waals surface area (Å²) in [5, 5.41) is 5.17. The summed E-state index contributed by atoms with van der Waals surface area (Å²) in [5.41, 5.74) is 0. The molecule has 19 heavy (non-hydrogen) atoms. The Morgan fingerprint density at radius 1 is 1.26 bits per heavy atom. The second-order valence-electron chi connectivity index (χ2n) is 6.96. The Balaban J connectivity index is 1.44. The van der Waals surface area contributed by atoms with Gasteiger partial charge in [-0.25, -0.2) is 4.98 Å². The van der Waals surface area contributed by atoms with Crippen LogP contribution >= 0.6 is 11.3 Å². The quantitative estimate of drug-likeness (QED) is 0.905. The number of nitrogens with one attached hydrogen (secondary N) is 1. The Morgan fingerprint density at radius 2 is 2.11 bits per heavy atom. The average molecular weight is 276 g/mol. The second kappa shape index (κ2) is 4.56. The van der Waals surface area contributed by atoms with Gasteiger partial charge in [0.25, 0.3) is 0 Å². The van der Waals surface area contributed by atoms with Gasteiger partial charge in [-0.05, 0) is 63.2 Å². The second-order valence-corrected chi connectivity index (χ2v) is 8.22. The van der Waals surface area contributed by atoms with Gasteiger partial charge in [0.2, 0.25) is 0 Å². The van der Waals surface area contributed by atoms with Crippen LogP contribution in [0.25, 0.3) is 0 Å². The lowest BCUT2D eigenvalue weighted by molar-refractivity contribution is 0.200. The predicted octanol–water partition coefficient (Wildman–Crippen LogP) is 3.93. The Kier molecular flexibility index (Phi) is 2.96. The molecule has 0 aliphatic heterocycles. The fourth-order valence-electron chi connectivity index (χ4n) is 5.22. The van der Waals surface area contributed by atoms with Gasteiger partial charge in [0, 0.05) is 17.1 Å². The summed E-state index contributed by atoms with van der Waals surface area (Å²) in [7, 11) is 0. The molecule has 1 heterocycles. The van der Waals surface area contributed by atoms with E-state index in [0.29, 0.717) is 6.04 Å². The van der Waals surface area contributed by atoms with E-state index in [4.69, 9.17) is 0 Å². The molecule has 104 valence electrons. The molecule has 2 bridgehead atoms. The molecule has 3 saturated carbocycles. The third kappa shape index (κ3) is 1.97. The van der Waals surface area contributed by atoms with Gasteiger partial charge in [-0.2, -0.15) is 0 Å². The van der Waals surface area contributed by atoms with Crippen molar-refractivity contribution in [2.24, 2.45) is 23.7 Å². The molecule has 3 fully saturated rings. The molecule has 6 unspecified atom stereocenters. The number of rotatable bonds is 3. The minimum absolute atomic E-state index is 0.433. The van der Waals surface area contributed by atoms with E-state index in [2.05, 4.69) is 24.1 Å². The molecule has 1 aromatic rings. The van der Waals surface area contributed by atoms with Crippen molar-refractivity contribution in [3.05, 3.63) is 16.1 Å². The van der Waals surface area contributed by atoms with Crippen LogP contribution < -0.4 is 5.32 Å². The fourth-order valence-corrected chi connectivity index (χ4v) is 6.01. The van der Waals surface area contributed by atoms with Crippen molar-refractivity contribution < 1.29 is 0 Å². The first-order valence-corrected chi connectivity index (χ1v) is 8.72. The lowest BCUT2D eigenvalue weighted by Gasteiger charge is -2.33. The molecule has 0 saturated heterocycles. The summed E-state index contributed by atoms with van der Waals surface area (Å²) in [6.07, 6.45) is 9.48. The van der Waals surface area contributed by atoms with Crippen LogP contribution in [0.5, 0.6) is 0 Å². The minimum Gasteiger partial charge on any atom is -0.305 e. The molecule has 2 nitrogen and oxygen atoms in total. The van der Waals surface area contributed by atoms with Crippen molar-refractivity contribution in [1.82, 2.24) is 10.3 Å². The topological polar surface area (TPSA) is 24.9 Å². The highest BCUT2D eigenvalue weighted by molar-refractivity contribution is 7.11. The maximum atomic E-state index is 4.54. The highest BCUT2D eigenvalue weighted by Gasteiger charge is 2.53. The first-order chi connectivity index (χ1) is 9.22. The van der Waals surface area contributed by atoms with Crippen LogP contribution in [0.3, 0.4) is 0 Å². The largest absolute Gasteiger partial charge is 0.305 e. The third-order valence-electron chi connectivity index (χ3n) is 5.90. The van der Waals surface area contributed by atoms with Gasteiger partial charge in [-0.15, -0.1) is 11.3 Å². The van der Waals surface area contributed by atoms with Crippen LogP contribution in [-0.4, -0.2) is 11.0 Å². The van der Waals surface area contributed by atoms with Crippen molar-refractivity contribution in [3.8, 4) is 0 Å². The van der Waals surface area contributed by atoms with Gasteiger partial charge < -0.3 is 5.32 Å². The molecule has 0 aromatic carbocycles. The van der Waals surface area contributed by atoms with Gasteiger partial charge in [-0.3, -0.25) is 0 Å². The zero-order chi connectivity index (χ0) is 13.0. The normalized spacial score (nSPS) is 41.7. The molecule has 3 heteroatoms. The van der Waals surface area contributed by atoms with Gasteiger partial charge in [0.05, 0.1) is 6.04 Å². The van der Waals surface area contributed by atoms with Crippen LogP contribution in [0.2, 0.25) is 0 Å². The molecule has 0 spiro atoms. The molecule has 6 atom stereocenters. The maximum Gasteiger partial charge on any atom is 0.109 e. The van der Waals surface area contributed by atoms with E-state index in [-0.39, 0.29) is 0 Å². The highest BCUT2D eigenvalue weighted by Crippen LogP contribution is 2.58. The summed E-state index contributed by atoms with van der Waals surface area (Å²) in [5.74, 6) is 4.17. The summed E-state index contributed by atoms with van der Waals surface area (Å²) in [6, 6.07) is 1.20. The van der Waals surface area contributed by atoms with E-state index in [9.17, 15) is 0 Å². The van der Waals surface area contributed by atoms with Gasteiger partial charge in [0.15, 0.2) is 0 Å². The summed E-state index contributed by atoms with van der Waals surface area (Å²) in [4.78, 5) is 5.87. The average Bonchev–Trinajstić information content (AvgIpc) is 3.08. The van der Waals surface area contributed by atoms with Crippen LogP contribution in [0.4, 0.5) is 0 Å². The summed E-state index contributed by atoms with van der Waals surface area (Å²) >= 11 is 1.85. The number of fused-ring (bicyclic) bond motifs is 5. The first-order valence-electron chi connectivity index (χ1n) is 7.90. The number of hydrogen-bond acceptors (Lipinski definition) is 3. The Hall–Kier alpha value is -0.410. The number of nitrogens with zero attached hydrogens (tertiary/aromatic N) is 1. The van der Waals surface area contributed by atoms with Crippen LogP contribution in [0, 0.1) is 30.6 Å². The van der Waals surface area contributed by atoms with Crippen molar-refractivity contribution in [3.63, 3.8) is 0 Å². The smallest absolute Gasteiger partial charge is 0.109 e. The van der Waals surface area contributed by atoms with E-state index in [1.54, 1.807) is 0 Å². The van der Waals surface area contributed by atoms with E-state index in [1.807, 2.05) is 17.5 Å².